The minimum Gasteiger partial charge on any atom is -0.242 e. The zero-order chi connectivity index (χ0) is 13.8. The van der Waals surface area contributed by atoms with Crippen LogP contribution in [0.1, 0.15) is 32.0 Å². The molecule has 6 heteroatoms. The molecule has 0 fully saturated rings. The summed E-state index contributed by atoms with van der Waals surface area (Å²) in [6.45, 7) is 10.00. The highest BCUT2D eigenvalue weighted by molar-refractivity contribution is 7.98. The Morgan fingerprint density at radius 1 is 1.56 bits per heavy atom. The van der Waals surface area contributed by atoms with Crippen LogP contribution in [0.15, 0.2) is 17.9 Å². The minimum atomic E-state index is -1.10. The van der Waals surface area contributed by atoms with Gasteiger partial charge in [-0.25, -0.2) is 18.9 Å². The quantitative estimate of drug-likeness (QED) is 0.666. The van der Waals surface area contributed by atoms with Gasteiger partial charge in [0.05, 0.1) is 21.4 Å². The monoisotopic (exact) mass is 285 g/mol. The summed E-state index contributed by atoms with van der Waals surface area (Å²) in [6, 6.07) is 0. The van der Waals surface area contributed by atoms with Crippen molar-refractivity contribution in [3.63, 3.8) is 0 Å². The Morgan fingerprint density at radius 3 is 2.72 bits per heavy atom. The molecule has 0 radical (unpaired) electrons. The van der Waals surface area contributed by atoms with Crippen molar-refractivity contribution in [1.29, 1.82) is 0 Å². The van der Waals surface area contributed by atoms with E-state index in [4.69, 9.17) is 0 Å². The van der Waals surface area contributed by atoms with Crippen molar-refractivity contribution >= 4 is 28.8 Å². The lowest BCUT2D eigenvalue weighted by molar-refractivity contribution is 0.634. The van der Waals surface area contributed by atoms with Gasteiger partial charge in [-0.05, 0) is 33.1 Å². The second kappa shape index (κ2) is 6.45. The van der Waals surface area contributed by atoms with Crippen molar-refractivity contribution in [2.45, 2.75) is 37.2 Å². The number of nitrogens with one attached hydrogen (secondary N) is 1. The van der Waals surface area contributed by atoms with Crippen LogP contribution in [0.3, 0.4) is 0 Å². The van der Waals surface area contributed by atoms with E-state index in [0.717, 1.165) is 11.3 Å². The molecule has 1 atom stereocenters. The van der Waals surface area contributed by atoms with E-state index in [2.05, 4.69) is 21.3 Å². The Kier molecular flexibility index (Phi) is 5.49. The molecular weight excluding hydrogens is 266 g/mol. The summed E-state index contributed by atoms with van der Waals surface area (Å²) in [4.78, 5) is 8.56. The first-order chi connectivity index (χ1) is 8.38. The maximum Gasteiger partial charge on any atom is 0.187 e. The molecule has 0 saturated carbocycles. The standard InChI is InChI=1S/C12H19N3OS2/c1-6-10-9(7-13-11(15-10)17-5)8-14-18(16)12(2,3)4/h6-7,14H,1,8H2,2-5H3/t18-/m1/s1. The van der Waals surface area contributed by atoms with Gasteiger partial charge in [-0.3, -0.25) is 0 Å². The summed E-state index contributed by atoms with van der Waals surface area (Å²) < 4.78 is 14.6. The first kappa shape index (κ1) is 15.3. The molecule has 4 nitrogen and oxygen atoms in total. The molecule has 100 valence electrons. The van der Waals surface area contributed by atoms with E-state index in [-0.39, 0.29) is 4.75 Å². The highest BCUT2D eigenvalue weighted by Gasteiger charge is 2.19. The third-order valence-electron chi connectivity index (χ3n) is 2.20. The first-order valence-corrected chi connectivity index (χ1v) is 7.93. The molecule has 1 heterocycles. The van der Waals surface area contributed by atoms with Gasteiger partial charge in [0, 0.05) is 18.3 Å². The molecule has 0 bridgehead atoms. The second-order valence-electron chi connectivity index (χ2n) is 4.67. The largest absolute Gasteiger partial charge is 0.242 e. The molecule has 1 aromatic heterocycles. The molecule has 1 N–H and O–H groups in total. The number of rotatable bonds is 5. The van der Waals surface area contributed by atoms with Crippen LogP contribution in [0, 0.1) is 0 Å². The average Bonchev–Trinajstić information content (AvgIpc) is 2.34. The van der Waals surface area contributed by atoms with Gasteiger partial charge in [0.25, 0.3) is 0 Å². The third-order valence-corrected chi connectivity index (χ3v) is 4.28. The molecule has 0 amide bonds. The molecule has 0 aliphatic rings. The topological polar surface area (TPSA) is 54.9 Å². The van der Waals surface area contributed by atoms with E-state index in [1.807, 2.05) is 27.0 Å². The SMILES string of the molecule is C=Cc1nc(SC)ncc1CN[S@](=O)C(C)(C)C. The van der Waals surface area contributed by atoms with Crippen LogP contribution in [0.5, 0.6) is 0 Å². The van der Waals surface area contributed by atoms with Gasteiger partial charge < -0.3 is 0 Å². The zero-order valence-electron chi connectivity index (χ0n) is 11.2. The number of aromatic nitrogens is 2. The van der Waals surface area contributed by atoms with Gasteiger partial charge >= 0.3 is 0 Å². The lowest BCUT2D eigenvalue weighted by Crippen LogP contribution is -2.33. The molecule has 0 unspecified atom stereocenters. The van der Waals surface area contributed by atoms with Crippen molar-refractivity contribution in [1.82, 2.24) is 14.7 Å². The lowest BCUT2D eigenvalue weighted by atomic mass is 10.2. The Balaban J connectivity index is 2.79. The Bertz CT molecular complexity index is 455. The van der Waals surface area contributed by atoms with Crippen LogP contribution < -0.4 is 4.72 Å². The molecule has 0 aliphatic heterocycles. The number of hydrogen-bond acceptors (Lipinski definition) is 4. The van der Waals surface area contributed by atoms with Crippen LogP contribution in [0.2, 0.25) is 0 Å². The second-order valence-corrected chi connectivity index (χ2v) is 7.50. The molecular formula is C12H19N3OS2. The number of thioether (sulfide) groups is 1. The third kappa shape index (κ3) is 4.19. The first-order valence-electron chi connectivity index (χ1n) is 5.56. The lowest BCUT2D eigenvalue weighted by Gasteiger charge is -2.18. The van der Waals surface area contributed by atoms with Crippen LogP contribution in [-0.2, 0) is 17.5 Å². The summed E-state index contributed by atoms with van der Waals surface area (Å²) in [7, 11) is -1.10. The van der Waals surface area contributed by atoms with Gasteiger partial charge in [0.1, 0.15) is 0 Å². The smallest absolute Gasteiger partial charge is 0.187 e. The Morgan fingerprint density at radius 2 is 2.22 bits per heavy atom. The molecule has 1 aromatic rings. The Hall–Kier alpha value is -0.720. The van der Waals surface area contributed by atoms with Crippen molar-refractivity contribution in [3.05, 3.63) is 24.0 Å². The summed E-state index contributed by atoms with van der Waals surface area (Å²) in [6.07, 6.45) is 5.37. The van der Waals surface area contributed by atoms with Gasteiger partial charge in [-0.1, -0.05) is 18.3 Å². The van der Waals surface area contributed by atoms with Crippen LogP contribution in [0.4, 0.5) is 0 Å². The van der Waals surface area contributed by atoms with Crippen LogP contribution >= 0.6 is 11.8 Å². The fourth-order valence-electron chi connectivity index (χ4n) is 1.17. The van der Waals surface area contributed by atoms with Crippen LogP contribution in [-0.4, -0.2) is 25.2 Å². The fraction of sp³-hybridized carbons (Fsp3) is 0.500. The zero-order valence-corrected chi connectivity index (χ0v) is 12.8. The van der Waals surface area contributed by atoms with Gasteiger partial charge in [-0.2, -0.15) is 0 Å². The van der Waals surface area contributed by atoms with E-state index in [9.17, 15) is 4.21 Å². The maximum atomic E-state index is 11.9. The van der Waals surface area contributed by atoms with E-state index >= 15 is 0 Å². The highest BCUT2D eigenvalue weighted by atomic mass is 32.2. The normalized spacial score (nSPS) is 13.3. The minimum absolute atomic E-state index is 0.283. The van der Waals surface area contributed by atoms with E-state index in [1.165, 1.54) is 11.8 Å². The summed E-state index contributed by atoms with van der Waals surface area (Å²) in [5.74, 6) is 0. The van der Waals surface area contributed by atoms with E-state index < -0.39 is 11.0 Å². The maximum absolute atomic E-state index is 11.9. The molecule has 0 saturated heterocycles. The Labute approximate surface area is 115 Å². The number of nitrogens with zero attached hydrogens (tertiary/aromatic N) is 2. The van der Waals surface area contributed by atoms with E-state index in [0.29, 0.717) is 11.7 Å². The van der Waals surface area contributed by atoms with E-state index in [1.54, 1.807) is 12.3 Å². The highest BCUT2D eigenvalue weighted by Crippen LogP contribution is 2.14. The van der Waals surface area contributed by atoms with Crippen LogP contribution in [0.25, 0.3) is 6.08 Å². The summed E-state index contributed by atoms with van der Waals surface area (Å²) >= 11 is 1.49. The van der Waals surface area contributed by atoms with Gasteiger partial charge in [0.2, 0.25) is 0 Å². The molecule has 18 heavy (non-hydrogen) atoms. The molecule has 0 aliphatic carbocycles. The number of hydrogen-bond donors (Lipinski definition) is 1. The summed E-state index contributed by atoms with van der Waals surface area (Å²) in [5.41, 5.74) is 1.69. The molecule has 1 rings (SSSR count). The predicted octanol–water partition coefficient (Wildman–Crippen LogP) is 2.39. The van der Waals surface area contributed by atoms with Gasteiger partial charge in [0.15, 0.2) is 5.16 Å². The fourth-order valence-corrected chi connectivity index (χ4v) is 2.24. The van der Waals surface area contributed by atoms with Crippen molar-refractivity contribution in [3.8, 4) is 0 Å². The average molecular weight is 285 g/mol. The van der Waals surface area contributed by atoms with Gasteiger partial charge in [-0.15, -0.1) is 0 Å². The van der Waals surface area contributed by atoms with Crippen molar-refractivity contribution in [2.75, 3.05) is 6.26 Å². The van der Waals surface area contributed by atoms with Crippen molar-refractivity contribution < 1.29 is 4.21 Å². The molecule has 0 spiro atoms. The summed E-state index contributed by atoms with van der Waals surface area (Å²) in [5, 5.41) is 0.714. The molecule has 0 aromatic carbocycles. The van der Waals surface area contributed by atoms with Crippen molar-refractivity contribution in [2.24, 2.45) is 0 Å². The predicted molar refractivity (Wildman–Crippen MR) is 78.6 cm³/mol.